The number of aliphatic imine (C=N–C) groups is 1. The minimum Gasteiger partial charge on any atom is -0.494 e. The largest absolute Gasteiger partial charge is 0.494 e. The van der Waals surface area contributed by atoms with Gasteiger partial charge in [-0.3, -0.25) is 4.99 Å². The van der Waals surface area contributed by atoms with Crippen molar-refractivity contribution in [1.82, 2.24) is 0 Å². The summed E-state index contributed by atoms with van der Waals surface area (Å²) < 4.78 is 5.38. The Hall–Kier alpha value is -1.61. The molecule has 1 aromatic heterocycles. The monoisotopic (exact) mass is 245 g/mol. The molecule has 0 saturated carbocycles. The number of ether oxygens (including phenoxy) is 1. The van der Waals surface area contributed by atoms with Crippen molar-refractivity contribution in [3.63, 3.8) is 0 Å². The highest BCUT2D eigenvalue weighted by atomic mass is 32.1. The van der Waals surface area contributed by atoms with Gasteiger partial charge in [-0.05, 0) is 55.1 Å². The van der Waals surface area contributed by atoms with Crippen LogP contribution in [-0.4, -0.2) is 12.8 Å². The zero-order valence-electron chi connectivity index (χ0n) is 10.0. The fourth-order valence-electron chi connectivity index (χ4n) is 1.44. The van der Waals surface area contributed by atoms with Crippen molar-refractivity contribution in [2.75, 3.05) is 6.61 Å². The van der Waals surface area contributed by atoms with E-state index in [1.54, 1.807) is 11.3 Å². The van der Waals surface area contributed by atoms with Crippen molar-refractivity contribution < 1.29 is 4.74 Å². The van der Waals surface area contributed by atoms with Crippen molar-refractivity contribution in [1.29, 1.82) is 0 Å². The summed E-state index contributed by atoms with van der Waals surface area (Å²) in [5.74, 6) is 0.888. The van der Waals surface area contributed by atoms with Crippen LogP contribution in [0, 0.1) is 6.92 Å². The molecule has 0 atom stereocenters. The third kappa shape index (κ3) is 3.17. The maximum absolute atomic E-state index is 5.38. The van der Waals surface area contributed by atoms with E-state index in [9.17, 15) is 0 Å². The Morgan fingerprint density at radius 3 is 2.59 bits per heavy atom. The maximum Gasteiger partial charge on any atom is 0.119 e. The Labute approximate surface area is 106 Å². The van der Waals surface area contributed by atoms with Crippen molar-refractivity contribution in [2.45, 2.75) is 13.8 Å². The summed E-state index contributed by atoms with van der Waals surface area (Å²) in [6.45, 7) is 4.76. The molecule has 1 aromatic carbocycles. The summed E-state index contributed by atoms with van der Waals surface area (Å²) in [5.41, 5.74) is 2.21. The third-order valence-corrected chi connectivity index (χ3v) is 3.33. The van der Waals surface area contributed by atoms with Gasteiger partial charge in [0.2, 0.25) is 0 Å². The molecule has 88 valence electrons. The van der Waals surface area contributed by atoms with Gasteiger partial charge in [-0.2, -0.15) is 0 Å². The van der Waals surface area contributed by atoms with Gasteiger partial charge in [-0.25, -0.2) is 0 Å². The van der Waals surface area contributed by atoms with Crippen LogP contribution in [0.2, 0.25) is 0 Å². The first-order valence-electron chi connectivity index (χ1n) is 5.60. The second kappa shape index (κ2) is 5.64. The Kier molecular flexibility index (Phi) is 3.94. The van der Waals surface area contributed by atoms with Gasteiger partial charge >= 0.3 is 0 Å². The smallest absolute Gasteiger partial charge is 0.119 e. The molecule has 0 saturated heterocycles. The number of thiophene rings is 1. The third-order valence-electron chi connectivity index (χ3n) is 2.38. The number of nitrogens with zero attached hydrogens (tertiary/aromatic N) is 1. The zero-order chi connectivity index (χ0) is 12.1. The molecule has 0 spiro atoms. The molecule has 0 bridgehead atoms. The van der Waals surface area contributed by atoms with Crippen LogP contribution in [0.3, 0.4) is 0 Å². The summed E-state index contributed by atoms with van der Waals surface area (Å²) in [5, 5.41) is 2.08. The van der Waals surface area contributed by atoms with Crippen LogP contribution in [-0.2, 0) is 0 Å². The van der Waals surface area contributed by atoms with E-state index in [-0.39, 0.29) is 0 Å². The molecule has 0 aliphatic rings. The van der Waals surface area contributed by atoms with Gasteiger partial charge in [-0.1, -0.05) is 0 Å². The Balaban J connectivity index is 2.09. The molecule has 0 fully saturated rings. The Morgan fingerprint density at radius 1 is 1.24 bits per heavy atom. The predicted molar refractivity (Wildman–Crippen MR) is 73.9 cm³/mol. The van der Waals surface area contributed by atoms with E-state index >= 15 is 0 Å². The number of benzene rings is 1. The second-order valence-electron chi connectivity index (χ2n) is 3.65. The molecule has 17 heavy (non-hydrogen) atoms. The molecule has 3 heteroatoms. The maximum atomic E-state index is 5.38. The molecule has 0 unspecified atom stereocenters. The van der Waals surface area contributed by atoms with E-state index in [4.69, 9.17) is 4.74 Å². The lowest BCUT2D eigenvalue weighted by Gasteiger charge is -2.01. The molecular weight excluding hydrogens is 230 g/mol. The number of rotatable bonds is 4. The number of aryl methyl sites for hydroxylation is 1. The average Bonchev–Trinajstić information content (AvgIpc) is 2.75. The van der Waals surface area contributed by atoms with Gasteiger partial charge in [0, 0.05) is 11.1 Å². The first-order chi connectivity index (χ1) is 8.29. The summed E-state index contributed by atoms with van der Waals surface area (Å²) >= 11 is 1.71. The molecular formula is C14H15NOS. The van der Waals surface area contributed by atoms with Crippen LogP contribution in [0.15, 0.2) is 40.7 Å². The first-order valence-corrected chi connectivity index (χ1v) is 6.48. The van der Waals surface area contributed by atoms with Crippen LogP contribution in [0.5, 0.6) is 5.75 Å². The van der Waals surface area contributed by atoms with E-state index in [1.165, 1.54) is 10.4 Å². The predicted octanol–water partition coefficient (Wildman–Crippen LogP) is 4.21. The molecule has 0 aliphatic carbocycles. The van der Waals surface area contributed by atoms with Crippen LogP contribution in [0.4, 0.5) is 5.69 Å². The van der Waals surface area contributed by atoms with Gasteiger partial charge in [0.05, 0.1) is 12.3 Å². The first kappa shape index (κ1) is 11.9. The Bertz CT molecular complexity index is 499. The number of hydrogen-bond donors (Lipinski definition) is 0. The van der Waals surface area contributed by atoms with E-state index in [2.05, 4.69) is 23.4 Å². The average molecular weight is 245 g/mol. The summed E-state index contributed by atoms with van der Waals surface area (Å²) in [6.07, 6.45) is 1.91. The SMILES string of the molecule is CCOc1ccc(N=Cc2sccc2C)cc1. The highest BCUT2D eigenvalue weighted by molar-refractivity contribution is 7.11. The fourth-order valence-corrected chi connectivity index (χ4v) is 2.23. The molecule has 2 aromatic rings. The molecule has 0 amide bonds. The standard InChI is InChI=1S/C14H15NOS/c1-3-16-13-6-4-12(5-7-13)15-10-14-11(2)8-9-17-14/h4-10H,3H2,1-2H3. The zero-order valence-corrected chi connectivity index (χ0v) is 10.8. The highest BCUT2D eigenvalue weighted by Crippen LogP contribution is 2.19. The van der Waals surface area contributed by atoms with Crippen molar-refractivity contribution in [3.8, 4) is 5.75 Å². The van der Waals surface area contributed by atoms with E-state index in [1.807, 2.05) is 37.4 Å². The highest BCUT2D eigenvalue weighted by Gasteiger charge is 1.96. The minimum atomic E-state index is 0.691. The fraction of sp³-hybridized carbons (Fsp3) is 0.214. The van der Waals surface area contributed by atoms with Gasteiger partial charge in [0.15, 0.2) is 0 Å². The quantitative estimate of drug-likeness (QED) is 0.739. The summed E-state index contributed by atoms with van der Waals surface area (Å²) in [7, 11) is 0. The molecule has 1 heterocycles. The van der Waals surface area contributed by atoms with E-state index < -0.39 is 0 Å². The normalized spacial score (nSPS) is 10.9. The second-order valence-corrected chi connectivity index (χ2v) is 4.60. The summed E-state index contributed by atoms with van der Waals surface area (Å²) in [4.78, 5) is 5.65. The molecule has 0 aliphatic heterocycles. The lowest BCUT2D eigenvalue weighted by molar-refractivity contribution is 0.340. The Morgan fingerprint density at radius 2 is 2.00 bits per heavy atom. The van der Waals surface area contributed by atoms with Crippen LogP contribution in [0.1, 0.15) is 17.4 Å². The van der Waals surface area contributed by atoms with E-state index in [0.717, 1.165) is 11.4 Å². The van der Waals surface area contributed by atoms with Crippen LogP contribution >= 0.6 is 11.3 Å². The van der Waals surface area contributed by atoms with Gasteiger partial charge in [-0.15, -0.1) is 11.3 Å². The van der Waals surface area contributed by atoms with Crippen LogP contribution in [0.25, 0.3) is 0 Å². The van der Waals surface area contributed by atoms with E-state index in [0.29, 0.717) is 6.61 Å². The van der Waals surface area contributed by atoms with Gasteiger partial charge in [0.1, 0.15) is 5.75 Å². The molecule has 2 nitrogen and oxygen atoms in total. The van der Waals surface area contributed by atoms with Crippen molar-refractivity contribution in [3.05, 3.63) is 46.2 Å². The lowest BCUT2D eigenvalue weighted by Crippen LogP contribution is -1.89. The van der Waals surface area contributed by atoms with Crippen molar-refractivity contribution in [2.24, 2.45) is 4.99 Å². The minimum absolute atomic E-state index is 0.691. The summed E-state index contributed by atoms with van der Waals surface area (Å²) in [6, 6.07) is 9.91. The van der Waals surface area contributed by atoms with Crippen molar-refractivity contribution >= 4 is 23.2 Å². The molecule has 0 radical (unpaired) electrons. The number of hydrogen-bond acceptors (Lipinski definition) is 3. The lowest BCUT2D eigenvalue weighted by atomic mass is 10.3. The topological polar surface area (TPSA) is 21.6 Å². The molecule has 2 rings (SSSR count). The van der Waals surface area contributed by atoms with Gasteiger partial charge < -0.3 is 4.74 Å². The molecule has 0 N–H and O–H groups in total. The van der Waals surface area contributed by atoms with Gasteiger partial charge in [0.25, 0.3) is 0 Å². The van der Waals surface area contributed by atoms with Crippen LogP contribution < -0.4 is 4.74 Å².